The molecule has 0 bridgehead atoms. The van der Waals surface area contributed by atoms with Gasteiger partial charge in [-0.05, 0) is 18.2 Å². The first-order chi connectivity index (χ1) is 10.3. The van der Waals surface area contributed by atoms with E-state index in [2.05, 4.69) is 0 Å². The van der Waals surface area contributed by atoms with Gasteiger partial charge in [-0.2, -0.15) is 24.9 Å². The zero-order valence-corrected chi connectivity index (χ0v) is 12.1. The first-order valence-electron chi connectivity index (χ1n) is 6.37. The molecule has 1 aromatic carbocycles. The molecule has 0 spiro atoms. The van der Waals surface area contributed by atoms with E-state index in [4.69, 9.17) is 5.11 Å². The average Bonchev–Trinajstić information content (AvgIpc) is 2.47. The molecule has 2 rings (SSSR count). The van der Waals surface area contributed by atoms with Crippen molar-refractivity contribution in [2.75, 3.05) is 34.8 Å². The summed E-state index contributed by atoms with van der Waals surface area (Å²) in [4.78, 5) is 23.9. The van der Waals surface area contributed by atoms with Crippen LogP contribution in [0.3, 0.4) is 0 Å². The van der Waals surface area contributed by atoms with Crippen LogP contribution in [0.1, 0.15) is 10.4 Å². The lowest BCUT2D eigenvalue weighted by atomic mass is 10.1. The summed E-state index contributed by atoms with van der Waals surface area (Å²) in [5.74, 6) is -1.77. The maximum Gasteiger partial charge on any atom is 0.471 e. The Bertz CT molecular complexity index is 586. The number of carboxylic acid groups (broad SMARTS) is 1. The van der Waals surface area contributed by atoms with Gasteiger partial charge in [-0.3, -0.25) is 4.79 Å². The molecule has 9 heteroatoms. The fourth-order valence-electron chi connectivity index (χ4n) is 2.04. The number of alkyl halides is 3. The highest BCUT2D eigenvalue weighted by atomic mass is 32.2. The largest absolute Gasteiger partial charge is 0.478 e. The number of hydrogen-bond donors (Lipinski definition) is 2. The topological polar surface area (TPSA) is 69.6 Å². The monoisotopic (exact) mass is 334 g/mol. The first kappa shape index (κ1) is 16.5. The summed E-state index contributed by atoms with van der Waals surface area (Å²) in [6.45, 7) is 1.23. The fraction of sp³-hybridized carbons (Fsp3) is 0.385. The molecule has 5 nitrogen and oxygen atoms in total. The Hall–Kier alpha value is -1.90. The summed E-state index contributed by atoms with van der Waals surface area (Å²) in [6, 6.07) is 3.77. The van der Waals surface area contributed by atoms with E-state index in [1.165, 1.54) is 12.1 Å². The lowest BCUT2D eigenvalue weighted by Crippen LogP contribution is -2.35. The third kappa shape index (κ3) is 3.85. The molecule has 1 heterocycles. The third-order valence-electron chi connectivity index (χ3n) is 3.10. The number of rotatable bonds is 3. The normalized spacial score (nSPS) is 15.5. The van der Waals surface area contributed by atoms with Crippen LogP contribution in [-0.2, 0) is 4.79 Å². The van der Waals surface area contributed by atoms with Crippen LogP contribution in [-0.4, -0.2) is 47.8 Å². The van der Waals surface area contributed by atoms with Crippen molar-refractivity contribution >= 4 is 35.0 Å². The Morgan fingerprint density at radius 1 is 1.23 bits per heavy atom. The number of anilines is 2. The lowest BCUT2D eigenvalue weighted by Gasteiger charge is -2.30. The summed E-state index contributed by atoms with van der Waals surface area (Å²) < 4.78 is 37.3. The van der Waals surface area contributed by atoms with Crippen molar-refractivity contribution in [3.63, 3.8) is 0 Å². The number of nitrogens with zero attached hydrogens (tertiary/aromatic N) is 1. The van der Waals surface area contributed by atoms with E-state index in [0.717, 1.165) is 17.6 Å². The molecule has 1 amide bonds. The van der Waals surface area contributed by atoms with Gasteiger partial charge in [0, 0.05) is 24.6 Å². The van der Waals surface area contributed by atoms with Crippen LogP contribution in [0, 0.1) is 0 Å². The number of hydrogen-bond acceptors (Lipinski definition) is 4. The van der Waals surface area contributed by atoms with E-state index < -0.39 is 18.1 Å². The Morgan fingerprint density at radius 2 is 1.86 bits per heavy atom. The van der Waals surface area contributed by atoms with Gasteiger partial charge in [0.2, 0.25) is 0 Å². The van der Waals surface area contributed by atoms with Crippen molar-refractivity contribution in [3.8, 4) is 0 Å². The Morgan fingerprint density at radius 3 is 2.41 bits per heavy atom. The van der Waals surface area contributed by atoms with Gasteiger partial charge in [-0.15, -0.1) is 0 Å². The summed E-state index contributed by atoms with van der Waals surface area (Å²) in [7, 11) is 0. The van der Waals surface area contributed by atoms with Gasteiger partial charge in [-0.25, -0.2) is 4.79 Å². The maximum atomic E-state index is 12.4. The zero-order valence-electron chi connectivity index (χ0n) is 11.3. The minimum absolute atomic E-state index is 0.144. The summed E-state index contributed by atoms with van der Waals surface area (Å²) in [6.07, 6.45) is -5.03. The Kier molecular flexibility index (Phi) is 4.84. The Balaban J connectivity index is 2.35. The minimum atomic E-state index is -5.03. The van der Waals surface area contributed by atoms with Crippen LogP contribution in [0.5, 0.6) is 0 Å². The maximum absolute atomic E-state index is 12.4. The molecule has 1 saturated heterocycles. The number of thioether (sulfide) groups is 1. The number of benzene rings is 1. The second kappa shape index (κ2) is 6.47. The fourth-order valence-corrected chi connectivity index (χ4v) is 2.95. The number of carbonyl (C=O) groups is 2. The Labute approximate surface area is 128 Å². The molecule has 22 heavy (non-hydrogen) atoms. The standard InChI is InChI=1S/C13H13F3N2O3S/c14-13(15,16)12(21)17-9-7-8(11(19)20)1-2-10(9)18-3-5-22-6-4-18/h1-2,7H,3-6H2,(H,17,21)(H,19,20). The lowest BCUT2D eigenvalue weighted by molar-refractivity contribution is -0.167. The zero-order chi connectivity index (χ0) is 16.3. The number of halogens is 3. The predicted molar refractivity (Wildman–Crippen MR) is 77.6 cm³/mol. The number of nitrogens with one attached hydrogen (secondary N) is 1. The highest BCUT2D eigenvalue weighted by molar-refractivity contribution is 7.99. The van der Waals surface area contributed by atoms with E-state index >= 15 is 0 Å². The summed E-state index contributed by atoms with van der Waals surface area (Å²) >= 11 is 1.72. The van der Waals surface area contributed by atoms with E-state index in [9.17, 15) is 22.8 Å². The second-order valence-electron chi connectivity index (χ2n) is 4.59. The van der Waals surface area contributed by atoms with Crippen molar-refractivity contribution < 1.29 is 27.9 Å². The summed E-state index contributed by atoms with van der Waals surface area (Å²) in [5.41, 5.74) is 0.0598. The van der Waals surface area contributed by atoms with Crippen LogP contribution in [0.15, 0.2) is 18.2 Å². The minimum Gasteiger partial charge on any atom is -0.478 e. The molecule has 0 radical (unpaired) electrons. The van der Waals surface area contributed by atoms with Crippen molar-refractivity contribution in [1.82, 2.24) is 0 Å². The van der Waals surface area contributed by atoms with Gasteiger partial charge in [0.15, 0.2) is 0 Å². The van der Waals surface area contributed by atoms with Crippen LogP contribution < -0.4 is 10.2 Å². The van der Waals surface area contributed by atoms with Gasteiger partial charge in [0.05, 0.1) is 16.9 Å². The highest BCUT2D eigenvalue weighted by Crippen LogP contribution is 2.31. The van der Waals surface area contributed by atoms with E-state index in [0.29, 0.717) is 18.8 Å². The molecule has 1 aromatic rings. The van der Waals surface area contributed by atoms with Crippen molar-refractivity contribution in [1.29, 1.82) is 0 Å². The van der Waals surface area contributed by atoms with Crippen LogP contribution >= 0.6 is 11.8 Å². The van der Waals surface area contributed by atoms with Crippen molar-refractivity contribution in [2.45, 2.75) is 6.18 Å². The molecule has 0 aliphatic carbocycles. The molecule has 0 saturated carbocycles. The van der Waals surface area contributed by atoms with Crippen molar-refractivity contribution in [3.05, 3.63) is 23.8 Å². The number of amides is 1. The van der Waals surface area contributed by atoms with Crippen molar-refractivity contribution in [2.24, 2.45) is 0 Å². The van der Waals surface area contributed by atoms with Gasteiger partial charge in [-0.1, -0.05) is 0 Å². The quantitative estimate of drug-likeness (QED) is 0.888. The predicted octanol–water partition coefficient (Wildman–Crippen LogP) is 2.44. The molecule has 1 fully saturated rings. The van der Waals surface area contributed by atoms with E-state index in [-0.39, 0.29) is 11.3 Å². The molecule has 1 aliphatic rings. The molecular formula is C13H13F3N2O3S. The van der Waals surface area contributed by atoms with Gasteiger partial charge in [0.1, 0.15) is 0 Å². The van der Waals surface area contributed by atoms with Gasteiger partial charge >= 0.3 is 18.1 Å². The second-order valence-corrected chi connectivity index (χ2v) is 5.81. The number of carboxylic acids is 1. The molecule has 2 N–H and O–H groups in total. The molecule has 0 atom stereocenters. The van der Waals surface area contributed by atoms with E-state index in [1.807, 2.05) is 4.90 Å². The van der Waals surface area contributed by atoms with E-state index in [1.54, 1.807) is 17.1 Å². The highest BCUT2D eigenvalue weighted by Gasteiger charge is 2.39. The molecule has 120 valence electrons. The van der Waals surface area contributed by atoms with Crippen LogP contribution in [0.2, 0.25) is 0 Å². The van der Waals surface area contributed by atoms with Crippen LogP contribution in [0.25, 0.3) is 0 Å². The molecule has 0 aromatic heterocycles. The molecular weight excluding hydrogens is 321 g/mol. The third-order valence-corrected chi connectivity index (χ3v) is 4.04. The van der Waals surface area contributed by atoms with Crippen LogP contribution in [0.4, 0.5) is 24.5 Å². The molecule has 1 aliphatic heterocycles. The van der Waals surface area contributed by atoms with Gasteiger partial charge in [0.25, 0.3) is 0 Å². The SMILES string of the molecule is O=C(O)c1ccc(N2CCSCC2)c(NC(=O)C(F)(F)F)c1. The molecule has 0 unspecified atom stereocenters. The first-order valence-corrected chi connectivity index (χ1v) is 7.52. The summed E-state index contributed by atoms with van der Waals surface area (Å²) in [5, 5.41) is 10.7. The smallest absolute Gasteiger partial charge is 0.471 e. The van der Waals surface area contributed by atoms with Gasteiger partial charge < -0.3 is 15.3 Å². The average molecular weight is 334 g/mol. The number of aromatic carboxylic acids is 1. The number of carbonyl (C=O) groups excluding carboxylic acids is 1.